The van der Waals surface area contributed by atoms with Crippen molar-refractivity contribution in [2.24, 2.45) is 17.8 Å². The van der Waals surface area contributed by atoms with Gasteiger partial charge in [0.1, 0.15) is 6.79 Å². The summed E-state index contributed by atoms with van der Waals surface area (Å²) >= 11 is 0. The van der Waals surface area contributed by atoms with Gasteiger partial charge >= 0.3 is 0 Å². The van der Waals surface area contributed by atoms with E-state index in [9.17, 15) is 24.9 Å². The molecular weight excluding hydrogens is 430 g/mol. The van der Waals surface area contributed by atoms with Gasteiger partial charge in [0.2, 0.25) is 11.8 Å². The number of benzene rings is 1. The lowest BCUT2D eigenvalue weighted by atomic mass is 9.82. The lowest BCUT2D eigenvalue weighted by Crippen LogP contribution is -2.45. The van der Waals surface area contributed by atoms with E-state index in [1.54, 1.807) is 23.7 Å². The fourth-order valence-corrected chi connectivity index (χ4v) is 4.19. The molecule has 2 rings (SSSR count). The molecule has 0 aliphatic heterocycles. The third-order valence-corrected chi connectivity index (χ3v) is 6.13. The highest BCUT2D eigenvalue weighted by atomic mass is 16.7. The fourth-order valence-electron chi connectivity index (χ4n) is 4.19. The van der Waals surface area contributed by atoms with Crippen molar-refractivity contribution in [1.82, 2.24) is 10.8 Å². The SMILES string of the molecule is CCOCOCC(CC(Cc1ccccc1[N+](=O)[O-])C(=O)NO)NC(=O)C1CCC(C)CC1. The average Bonchev–Trinajstić information content (AvgIpc) is 2.81. The molecule has 2 unspecified atom stereocenters. The molecule has 1 aromatic rings. The van der Waals surface area contributed by atoms with Gasteiger partial charge in [0.25, 0.3) is 5.69 Å². The number of carbonyl (C=O) groups is 2. The van der Waals surface area contributed by atoms with Crippen LogP contribution in [0.5, 0.6) is 0 Å². The second-order valence-corrected chi connectivity index (χ2v) is 8.64. The Hall–Kier alpha value is -2.56. The molecule has 184 valence electrons. The minimum absolute atomic E-state index is 0.0301. The molecule has 1 aliphatic rings. The summed E-state index contributed by atoms with van der Waals surface area (Å²) in [7, 11) is 0. The number of carbonyl (C=O) groups excluding carboxylic acids is 2. The summed E-state index contributed by atoms with van der Waals surface area (Å²) in [5, 5.41) is 23.6. The Labute approximate surface area is 194 Å². The number of hydroxylamine groups is 1. The minimum atomic E-state index is -0.816. The van der Waals surface area contributed by atoms with Gasteiger partial charge in [-0.15, -0.1) is 0 Å². The first kappa shape index (κ1) is 26.7. The number of nitro benzene ring substituents is 1. The summed E-state index contributed by atoms with van der Waals surface area (Å²) in [4.78, 5) is 36.2. The molecule has 1 aliphatic carbocycles. The summed E-state index contributed by atoms with van der Waals surface area (Å²) < 4.78 is 10.7. The first-order valence-corrected chi connectivity index (χ1v) is 11.5. The molecule has 0 radical (unpaired) electrons. The van der Waals surface area contributed by atoms with Crippen LogP contribution in [-0.2, 0) is 25.5 Å². The molecular formula is C23H35N3O7. The fraction of sp³-hybridized carbons (Fsp3) is 0.652. The highest BCUT2D eigenvalue weighted by Gasteiger charge is 2.30. The van der Waals surface area contributed by atoms with E-state index in [-0.39, 0.29) is 43.8 Å². The maximum absolute atomic E-state index is 12.9. The van der Waals surface area contributed by atoms with Crippen molar-refractivity contribution < 1.29 is 29.2 Å². The van der Waals surface area contributed by atoms with Crippen LogP contribution in [0.15, 0.2) is 24.3 Å². The van der Waals surface area contributed by atoms with Crippen molar-refractivity contribution in [3.05, 3.63) is 39.9 Å². The van der Waals surface area contributed by atoms with E-state index in [1.807, 2.05) is 6.92 Å². The van der Waals surface area contributed by atoms with Crippen molar-refractivity contribution in [2.45, 2.75) is 58.4 Å². The summed E-state index contributed by atoms with van der Waals surface area (Å²) in [6.07, 6.45) is 3.79. The zero-order chi connectivity index (χ0) is 24.2. The third kappa shape index (κ3) is 8.71. The first-order chi connectivity index (χ1) is 15.8. The molecule has 0 saturated heterocycles. The number of amides is 2. The zero-order valence-corrected chi connectivity index (χ0v) is 19.3. The van der Waals surface area contributed by atoms with Crippen LogP contribution in [0.25, 0.3) is 0 Å². The Kier molecular flexibility index (Phi) is 11.2. The Balaban J connectivity index is 2.13. The minimum Gasteiger partial charge on any atom is -0.356 e. The van der Waals surface area contributed by atoms with Crippen molar-refractivity contribution in [2.75, 3.05) is 20.0 Å². The quantitative estimate of drug-likeness (QED) is 0.134. The molecule has 10 nitrogen and oxygen atoms in total. The number of rotatable bonds is 13. The van der Waals surface area contributed by atoms with Crippen molar-refractivity contribution in [3.63, 3.8) is 0 Å². The van der Waals surface area contributed by atoms with Gasteiger partial charge in [-0.25, -0.2) is 5.48 Å². The monoisotopic (exact) mass is 465 g/mol. The molecule has 10 heteroatoms. The molecule has 2 amide bonds. The standard InChI is InChI=1S/C23H35N3O7/c1-3-32-15-33-14-20(24-22(27)17-10-8-16(2)9-11-17)13-19(23(28)25-29)12-18-6-4-5-7-21(18)26(30)31/h4-7,16-17,19-20,29H,3,8-15H2,1-2H3,(H,24,27)(H,25,28). The van der Waals surface area contributed by atoms with E-state index in [4.69, 9.17) is 9.47 Å². The molecule has 1 aromatic carbocycles. The van der Waals surface area contributed by atoms with Gasteiger partial charge in [-0.1, -0.05) is 25.1 Å². The average molecular weight is 466 g/mol. The van der Waals surface area contributed by atoms with Crippen LogP contribution in [0.2, 0.25) is 0 Å². The topological polar surface area (TPSA) is 140 Å². The second-order valence-electron chi connectivity index (χ2n) is 8.64. The summed E-state index contributed by atoms with van der Waals surface area (Å²) in [6.45, 7) is 4.65. The van der Waals surface area contributed by atoms with Crippen molar-refractivity contribution >= 4 is 17.5 Å². The molecule has 0 heterocycles. The van der Waals surface area contributed by atoms with E-state index < -0.39 is 22.8 Å². The Morgan fingerprint density at radius 2 is 1.91 bits per heavy atom. The normalized spacial score (nSPS) is 20.0. The highest BCUT2D eigenvalue weighted by molar-refractivity contribution is 5.80. The molecule has 0 bridgehead atoms. The van der Waals surface area contributed by atoms with Crippen LogP contribution >= 0.6 is 0 Å². The van der Waals surface area contributed by atoms with Crippen LogP contribution in [0.3, 0.4) is 0 Å². The van der Waals surface area contributed by atoms with Crippen molar-refractivity contribution in [1.29, 1.82) is 0 Å². The van der Waals surface area contributed by atoms with Crippen LogP contribution < -0.4 is 10.8 Å². The second kappa shape index (κ2) is 13.9. The van der Waals surface area contributed by atoms with Gasteiger partial charge in [-0.2, -0.15) is 0 Å². The Morgan fingerprint density at radius 3 is 2.55 bits per heavy atom. The van der Waals surface area contributed by atoms with E-state index >= 15 is 0 Å². The number of hydrogen-bond donors (Lipinski definition) is 3. The van der Waals surface area contributed by atoms with Gasteiger partial charge in [0.15, 0.2) is 0 Å². The summed E-state index contributed by atoms with van der Waals surface area (Å²) in [6, 6.07) is 5.64. The Morgan fingerprint density at radius 1 is 1.21 bits per heavy atom. The number of nitrogens with one attached hydrogen (secondary N) is 2. The number of nitrogens with zero attached hydrogens (tertiary/aromatic N) is 1. The molecule has 1 saturated carbocycles. The van der Waals surface area contributed by atoms with E-state index in [1.165, 1.54) is 6.07 Å². The zero-order valence-electron chi connectivity index (χ0n) is 19.3. The van der Waals surface area contributed by atoms with E-state index in [0.29, 0.717) is 18.1 Å². The predicted octanol–water partition coefficient (Wildman–Crippen LogP) is 2.97. The number of ether oxygens (including phenoxy) is 2. The molecule has 3 N–H and O–H groups in total. The van der Waals surface area contributed by atoms with Gasteiger partial charge in [-0.05, 0) is 51.4 Å². The largest absolute Gasteiger partial charge is 0.356 e. The maximum atomic E-state index is 12.9. The predicted molar refractivity (Wildman–Crippen MR) is 120 cm³/mol. The van der Waals surface area contributed by atoms with Gasteiger partial charge in [0.05, 0.1) is 17.6 Å². The molecule has 2 atom stereocenters. The summed E-state index contributed by atoms with van der Waals surface area (Å²) in [5.41, 5.74) is 1.92. The Bertz CT molecular complexity index is 781. The van der Waals surface area contributed by atoms with Gasteiger partial charge in [-0.3, -0.25) is 24.9 Å². The number of para-hydroxylation sites is 1. The smallest absolute Gasteiger partial charge is 0.272 e. The van der Waals surface area contributed by atoms with Crippen LogP contribution in [0, 0.1) is 27.9 Å². The van der Waals surface area contributed by atoms with Crippen LogP contribution in [0.1, 0.15) is 51.5 Å². The molecule has 0 spiro atoms. The summed E-state index contributed by atoms with van der Waals surface area (Å²) in [5.74, 6) is -1.05. The lowest BCUT2D eigenvalue weighted by Gasteiger charge is -2.29. The van der Waals surface area contributed by atoms with Crippen LogP contribution in [0.4, 0.5) is 5.69 Å². The molecule has 0 aromatic heterocycles. The van der Waals surface area contributed by atoms with Gasteiger partial charge in [0, 0.05) is 30.1 Å². The van der Waals surface area contributed by atoms with E-state index in [0.717, 1.165) is 25.7 Å². The molecule has 1 fully saturated rings. The first-order valence-electron chi connectivity index (χ1n) is 11.5. The van der Waals surface area contributed by atoms with Crippen molar-refractivity contribution in [3.8, 4) is 0 Å². The third-order valence-electron chi connectivity index (χ3n) is 6.13. The lowest BCUT2D eigenvalue weighted by molar-refractivity contribution is -0.385. The molecule has 33 heavy (non-hydrogen) atoms. The highest BCUT2D eigenvalue weighted by Crippen LogP contribution is 2.29. The maximum Gasteiger partial charge on any atom is 0.272 e. The number of hydrogen-bond acceptors (Lipinski definition) is 7. The van der Waals surface area contributed by atoms with Crippen LogP contribution in [-0.4, -0.2) is 48.0 Å². The number of nitro groups is 1. The van der Waals surface area contributed by atoms with E-state index in [2.05, 4.69) is 12.2 Å². The van der Waals surface area contributed by atoms with Gasteiger partial charge < -0.3 is 14.8 Å².